The summed E-state index contributed by atoms with van der Waals surface area (Å²) in [6.07, 6.45) is 4.59. The van der Waals surface area contributed by atoms with E-state index in [1.165, 1.54) is 0 Å². The molecule has 1 heterocycles. The van der Waals surface area contributed by atoms with Crippen LogP contribution in [0.2, 0.25) is 0 Å². The lowest BCUT2D eigenvalue weighted by molar-refractivity contribution is -0.138. The van der Waals surface area contributed by atoms with Gasteiger partial charge in [0.25, 0.3) is 0 Å². The highest BCUT2D eigenvalue weighted by molar-refractivity contribution is 5.68. The van der Waals surface area contributed by atoms with E-state index in [1.807, 2.05) is 7.05 Å². The zero-order valence-electron chi connectivity index (χ0n) is 9.07. The smallest absolute Gasteiger partial charge is 0.305 e. The van der Waals surface area contributed by atoms with E-state index in [0.717, 1.165) is 24.1 Å². The molecule has 0 amide bonds. The van der Waals surface area contributed by atoms with Gasteiger partial charge in [-0.3, -0.25) is 9.69 Å². The van der Waals surface area contributed by atoms with E-state index in [9.17, 15) is 4.79 Å². The fourth-order valence-corrected chi connectivity index (χ4v) is 1.97. The Morgan fingerprint density at radius 2 is 2.27 bits per heavy atom. The molecule has 0 spiro atoms. The Morgan fingerprint density at radius 3 is 2.73 bits per heavy atom. The SMILES string of the molecule is C=CC1=C(C=C)C(CC(=O)O)N(C)CC1. The third-order valence-electron chi connectivity index (χ3n) is 2.83. The number of hydrogen-bond acceptors (Lipinski definition) is 2. The van der Waals surface area contributed by atoms with E-state index in [1.54, 1.807) is 12.2 Å². The molecule has 1 aliphatic rings. The van der Waals surface area contributed by atoms with Crippen LogP contribution in [0.1, 0.15) is 12.8 Å². The molecular weight excluding hydrogens is 190 g/mol. The largest absolute Gasteiger partial charge is 0.481 e. The van der Waals surface area contributed by atoms with Crippen LogP contribution in [0.15, 0.2) is 36.5 Å². The quantitative estimate of drug-likeness (QED) is 0.764. The van der Waals surface area contributed by atoms with Gasteiger partial charge in [0.2, 0.25) is 0 Å². The molecular formula is C12H17NO2. The first-order chi connectivity index (χ1) is 7.10. The summed E-state index contributed by atoms with van der Waals surface area (Å²) in [5, 5.41) is 8.85. The summed E-state index contributed by atoms with van der Waals surface area (Å²) < 4.78 is 0. The third-order valence-corrected chi connectivity index (χ3v) is 2.83. The second-order valence-corrected chi connectivity index (χ2v) is 3.73. The van der Waals surface area contributed by atoms with Crippen molar-refractivity contribution in [3.05, 3.63) is 36.5 Å². The highest BCUT2D eigenvalue weighted by atomic mass is 16.4. The Kier molecular flexibility index (Phi) is 3.86. The standard InChI is InChI=1S/C12H17NO2/c1-4-9-6-7-13(3)11(8-12(14)15)10(9)5-2/h4-5,11H,1-2,6-8H2,3H3,(H,14,15). The van der Waals surface area contributed by atoms with Gasteiger partial charge in [-0.15, -0.1) is 0 Å². The van der Waals surface area contributed by atoms with Crippen molar-refractivity contribution >= 4 is 5.97 Å². The predicted octanol–water partition coefficient (Wildman–Crippen LogP) is 1.83. The van der Waals surface area contributed by atoms with Gasteiger partial charge in [-0.2, -0.15) is 0 Å². The zero-order valence-corrected chi connectivity index (χ0v) is 9.07. The summed E-state index contributed by atoms with van der Waals surface area (Å²) in [6.45, 7) is 8.37. The molecule has 0 aromatic rings. The van der Waals surface area contributed by atoms with Crippen LogP contribution in [-0.2, 0) is 4.79 Å². The lowest BCUT2D eigenvalue weighted by atomic mass is 9.91. The molecule has 0 saturated heterocycles. The van der Waals surface area contributed by atoms with Crippen LogP contribution >= 0.6 is 0 Å². The topological polar surface area (TPSA) is 40.5 Å². The minimum absolute atomic E-state index is 0.0678. The summed E-state index contributed by atoms with van der Waals surface area (Å²) in [6, 6.07) is -0.0678. The molecule has 0 radical (unpaired) electrons. The Hall–Kier alpha value is -1.35. The van der Waals surface area contributed by atoms with Crippen molar-refractivity contribution < 1.29 is 9.90 Å². The van der Waals surface area contributed by atoms with Gasteiger partial charge in [-0.1, -0.05) is 25.3 Å². The maximum absolute atomic E-state index is 10.8. The van der Waals surface area contributed by atoms with Crippen molar-refractivity contribution in [2.45, 2.75) is 18.9 Å². The van der Waals surface area contributed by atoms with Gasteiger partial charge in [0.05, 0.1) is 6.42 Å². The van der Waals surface area contributed by atoms with Crippen molar-refractivity contribution in [1.82, 2.24) is 4.90 Å². The molecule has 1 unspecified atom stereocenters. The molecule has 1 rings (SSSR count). The zero-order chi connectivity index (χ0) is 11.4. The number of hydrogen-bond donors (Lipinski definition) is 1. The van der Waals surface area contributed by atoms with E-state index in [2.05, 4.69) is 18.1 Å². The van der Waals surface area contributed by atoms with Crippen molar-refractivity contribution in [3.8, 4) is 0 Å². The number of carboxylic acids is 1. The molecule has 82 valence electrons. The Morgan fingerprint density at radius 1 is 1.60 bits per heavy atom. The maximum Gasteiger partial charge on any atom is 0.305 e. The van der Waals surface area contributed by atoms with E-state index < -0.39 is 5.97 Å². The normalized spacial score (nSPS) is 22.6. The van der Waals surface area contributed by atoms with E-state index in [4.69, 9.17) is 5.11 Å². The first-order valence-electron chi connectivity index (χ1n) is 5.00. The van der Waals surface area contributed by atoms with Gasteiger partial charge in [-0.25, -0.2) is 0 Å². The van der Waals surface area contributed by atoms with Crippen LogP contribution in [0, 0.1) is 0 Å². The average molecular weight is 207 g/mol. The highest BCUT2D eigenvalue weighted by Crippen LogP contribution is 2.26. The van der Waals surface area contributed by atoms with Crippen LogP contribution in [0.3, 0.4) is 0 Å². The first kappa shape index (κ1) is 11.7. The molecule has 0 bridgehead atoms. The van der Waals surface area contributed by atoms with Crippen LogP contribution in [0.25, 0.3) is 0 Å². The minimum atomic E-state index is -0.781. The molecule has 15 heavy (non-hydrogen) atoms. The fourth-order valence-electron chi connectivity index (χ4n) is 1.97. The van der Waals surface area contributed by atoms with Gasteiger partial charge in [0, 0.05) is 12.6 Å². The monoisotopic (exact) mass is 207 g/mol. The van der Waals surface area contributed by atoms with Gasteiger partial charge in [0.15, 0.2) is 0 Å². The van der Waals surface area contributed by atoms with Crippen molar-refractivity contribution in [1.29, 1.82) is 0 Å². The summed E-state index contributed by atoms with van der Waals surface area (Å²) in [7, 11) is 1.94. The number of carboxylic acid groups (broad SMARTS) is 1. The van der Waals surface area contributed by atoms with Gasteiger partial charge >= 0.3 is 5.97 Å². The summed E-state index contributed by atoms with van der Waals surface area (Å²) in [5.74, 6) is -0.781. The minimum Gasteiger partial charge on any atom is -0.481 e. The molecule has 1 aliphatic heterocycles. The molecule has 0 aliphatic carbocycles. The van der Waals surface area contributed by atoms with Crippen LogP contribution in [-0.4, -0.2) is 35.6 Å². The maximum atomic E-state index is 10.8. The van der Waals surface area contributed by atoms with Crippen LogP contribution in [0.5, 0.6) is 0 Å². The first-order valence-corrected chi connectivity index (χ1v) is 5.00. The molecule has 1 atom stereocenters. The number of nitrogens with zero attached hydrogens (tertiary/aromatic N) is 1. The van der Waals surface area contributed by atoms with Gasteiger partial charge in [-0.05, 0) is 24.6 Å². The number of likely N-dealkylation sites (N-methyl/N-ethyl adjacent to an activating group) is 1. The summed E-state index contributed by atoms with van der Waals surface area (Å²) >= 11 is 0. The van der Waals surface area contributed by atoms with E-state index in [0.29, 0.717) is 0 Å². The van der Waals surface area contributed by atoms with Crippen molar-refractivity contribution in [2.24, 2.45) is 0 Å². The van der Waals surface area contributed by atoms with Gasteiger partial charge < -0.3 is 5.11 Å². The molecule has 3 nitrogen and oxygen atoms in total. The lowest BCUT2D eigenvalue weighted by Gasteiger charge is -2.33. The average Bonchev–Trinajstić information content (AvgIpc) is 2.20. The van der Waals surface area contributed by atoms with Crippen LogP contribution < -0.4 is 0 Å². The molecule has 1 N–H and O–H groups in total. The molecule has 0 saturated carbocycles. The van der Waals surface area contributed by atoms with Crippen LogP contribution in [0.4, 0.5) is 0 Å². The van der Waals surface area contributed by atoms with E-state index in [-0.39, 0.29) is 12.5 Å². The third kappa shape index (κ3) is 2.57. The molecule has 0 fully saturated rings. The second-order valence-electron chi connectivity index (χ2n) is 3.73. The number of aliphatic carboxylic acids is 1. The molecule has 3 heteroatoms. The predicted molar refractivity (Wildman–Crippen MR) is 60.7 cm³/mol. The Balaban J connectivity index is 3.01. The molecule has 0 aromatic carbocycles. The lowest BCUT2D eigenvalue weighted by Crippen LogP contribution is -2.39. The van der Waals surface area contributed by atoms with Gasteiger partial charge in [0.1, 0.15) is 0 Å². The van der Waals surface area contributed by atoms with Crippen molar-refractivity contribution in [3.63, 3.8) is 0 Å². The highest BCUT2D eigenvalue weighted by Gasteiger charge is 2.26. The summed E-state index contributed by atoms with van der Waals surface area (Å²) in [5.41, 5.74) is 2.12. The number of carbonyl (C=O) groups is 1. The fraction of sp³-hybridized carbons (Fsp3) is 0.417. The Labute approximate surface area is 90.4 Å². The molecule has 0 aromatic heterocycles. The van der Waals surface area contributed by atoms with Crippen molar-refractivity contribution in [2.75, 3.05) is 13.6 Å². The number of rotatable bonds is 4. The summed E-state index contributed by atoms with van der Waals surface area (Å²) in [4.78, 5) is 12.8. The Bertz CT molecular complexity index is 318. The second kappa shape index (κ2) is 4.94. The van der Waals surface area contributed by atoms with E-state index >= 15 is 0 Å². The number of allylic oxidation sites excluding steroid dienone is 1.